The Hall–Kier alpha value is 0.400. The maximum Gasteiger partial charge on any atom is 0.0700 e. The summed E-state index contributed by atoms with van der Waals surface area (Å²) in [6, 6.07) is 0. The van der Waals surface area contributed by atoms with Crippen LogP contribution < -0.4 is 0 Å². The van der Waals surface area contributed by atoms with Crippen LogP contribution in [0.25, 0.3) is 0 Å². The van der Waals surface area contributed by atoms with Crippen LogP contribution in [0.3, 0.4) is 0 Å². The Labute approximate surface area is 102 Å². The van der Waals surface area contributed by atoms with E-state index in [1.54, 1.807) is 7.11 Å². The van der Waals surface area contributed by atoms with Gasteiger partial charge in [-0.1, -0.05) is 22.9 Å². The van der Waals surface area contributed by atoms with Crippen LogP contribution in [-0.4, -0.2) is 31.8 Å². The van der Waals surface area contributed by atoms with Gasteiger partial charge < -0.3 is 9.47 Å². The molecule has 0 saturated heterocycles. The van der Waals surface area contributed by atoms with Crippen molar-refractivity contribution in [3.05, 3.63) is 0 Å². The number of methoxy groups -OCH3 is 1. The fourth-order valence-electron chi connectivity index (χ4n) is 2.29. The number of alkyl halides is 1. The van der Waals surface area contributed by atoms with Crippen LogP contribution in [0.1, 0.15) is 32.6 Å². The molecule has 0 heterocycles. The van der Waals surface area contributed by atoms with Crippen molar-refractivity contribution in [1.29, 1.82) is 0 Å². The molecule has 1 saturated carbocycles. The predicted molar refractivity (Wildman–Crippen MR) is 66.5 cm³/mol. The highest BCUT2D eigenvalue weighted by Gasteiger charge is 2.30. The van der Waals surface area contributed by atoms with Gasteiger partial charge in [-0.05, 0) is 37.5 Å². The zero-order chi connectivity index (χ0) is 11.1. The van der Waals surface area contributed by atoms with E-state index in [1.165, 1.54) is 25.7 Å². The first-order valence-electron chi connectivity index (χ1n) is 5.96. The van der Waals surface area contributed by atoms with Crippen molar-refractivity contribution in [3.63, 3.8) is 0 Å². The van der Waals surface area contributed by atoms with Gasteiger partial charge in [0.25, 0.3) is 0 Å². The molecule has 0 N–H and O–H groups in total. The van der Waals surface area contributed by atoms with E-state index < -0.39 is 0 Å². The van der Waals surface area contributed by atoms with Gasteiger partial charge in [0.05, 0.1) is 13.2 Å². The van der Waals surface area contributed by atoms with Crippen molar-refractivity contribution in [2.24, 2.45) is 11.8 Å². The van der Waals surface area contributed by atoms with Crippen molar-refractivity contribution in [2.45, 2.75) is 37.4 Å². The SMILES string of the molecule is COCCOCCCC1CCC(Br)C1C. The standard InChI is InChI=1S/C12H23BrO2/c1-10-11(5-6-12(10)13)4-3-7-15-9-8-14-2/h10-12H,3-9H2,1-2H3. The van der Waals surface area contributed by atoms with E-state index in [9.17, 15) is 0 Å². The predicted octanol–water partition coefficient (Wildman–Crippen LogP) is 3.24. The summed E-state index contributed by atoms with van der Waals surface area (Å²) >= 11 is 3.74. The summed E-state index contributed by atoms with van der Waals surface area (Å²) < 4.78 is 10.4. The fourth-order valence-corrected chi connectivity index (χ4v) is 2.99. The highest BCUT2D eigenvalue weighted by Crippen LogP contribution is 2.38. The second-order valence-electron chi connectivity index (χ2n) is 4.46. The molecular formula is C12H23BrO2. The summed E-state index contributed by atoms with van der Waals surface area (Å²) in [6.07, 6.45) is 5.24. The molecule has 0 amide bonds. The number of hydrogen-bond donors (Lipinski definition) is 0. The first-order valence-corrected chi connectivity index (χ1v) is 6.88. The Kier molecular flexibility index (Phi) is 6.86. The zero-order valence-electron chi connectivity index (χ0n) is 9.88. The first-order chi connectivity index (χ1) is 7.25. The third-order valence-electron chi connectivity index (χ3n) is 3.42. The molecule has 1 fully saturated rings. The third-order valence-corrected chi connectivity index (χ3v) is 4.71. The average Bonchev–Trinajstić information content (AvgIpc) is 2.54. The second kappa shape index (κ2) is 7.64. The number of hydrogen-bond acceptors (Lipinski definition) is 2. The lowest BCUT2D eigenvalue weighted by Gasteiger charge is -2.16. The number of halogens is 1. The normalized spacial score (nSPS) is 31.0. The number of rotatable bonds is 7. The molecule has 0 spiro atoms. The van der Waals surface area contributed by atoms with Crippen molar-refractivity contribution in [1.82, 2.24) is 0 Å². The molecule has 3 unspecified atom stereocenters. The van der Waals surface area contributed by atoms with Gasteiger partial charge >= 0.3 is 0 Å². The molecule has 3 heteroatoms. The Balaban J connectivity index is 1.96. The molecule has 0 aliphatic heterocycles. The summed E-state index contributed by atoms with van der Waals surface area (Å²) in [7, 11) is 1.71. The van der Waals surface area contributed by atoms with Crippen molar-refractivity contribution in [2.75, 3.05) is 26.9 Å². The Morgan fingerprint density at radius 1 is 1.20 bits per heavy atom. The molecular weight excluding hydrogens is 256 g/mol. The smallest absolute Gasteiger partial charge is 0.0700 e. The summed E-state index contributed by atoms with van der Waals surface area (Å²) in [5.74, 6) is 1.74. The van der Waals surface area contributed by atoms with E-state index in [0.29, 0.717) is 6.61 Å². The average molecular weight is 279 g/mol. The molecule has 3 atom stereocenters. The minimum absolute atomic E-state index is 0.712. The quantitative estimate of drug-likeness (QED) is 0.526. The van der Waals surface area contributed by atoms with Crippen LogP contribution in [0, 0.1) is 11.8 Å². The number of ether oxygens (including phenoxy) is 2. The molecule has 0 radical (unpaired) electrons. The van der Waals surface area contributed by atoms with Crippen LogP contribution in [0.4, 0.5) is 0 Å². The lowest BCUT2D eigenvalue weighted by Crippen LogP contribution is -2.11. The van der Waals surface area contributed by atoms with Crippen LogP contribution in [0.15, 0.2) is 0 Å². The maximum absolute atomic E-state index is 5.46. The summed E-state index contributed by atoms with van der Waals surface area (Å²) in [6.45, 7) is 4.70. The molecule has 2 nitrogen and oxygen atoms in total. The Bertz CT molecular complexity index is 164. The Morgan fingerprint density at radius 2 is 2.00 bits per heavy atom. The largest absolute Gasteiger partial charge is 0.382 e. The monoisotopic (exact) mass is 278 g/mol. The van der Waals surface area contributed by atoms with E-state index in [4.69, 9.17) is 9.47 Å². The molecule has 0 aromatic heterocycles. The summed E-state index contributed by atoms with van der Waals surface area (Å²) in [5.41, 5.74) is 0. The van der Waals surface area contributed by atoms with Crippen LogP contribution >= 0.6 is 15.9 Å². The summed E-state index contributed by atoms with van der Waals surface area (Å²) in [5, 5.41) is 0. The van der Waals surface area contributed by atoms with Crippen LogP contribution in [0.5, 0.6) is 0 Å². The highest BCUT2D eigenvalue weighted by atomic mass is 79.9. The van der Waals surface area contributed by atoms with Gasteiger partial charge in [-0.2, -0.15) is 0 Å². The molecule has 1 aliphatic rings. The van der Waals surface area contributed by atoms with E-state index >= 15 is 0 Å². The van der Waals surface area contributed by atoms with E-state index in [2.05, 4.69) is 22.9 Å². The molecule has 0 bridgehead atoms. The molecule has 1 rings (SSSR count). The van der Waals surface area contributed by atoms with Gasteiger partial charge in [-0.25, -0.2) is 0 Å². The molecule has 0 aromatic carbocycles. The third kappa shape index (κ3) is 4.83. The molecule has 90 valence electrons. The fraction of sp³-hybridized carbons (Fsp3) is 1.00. The minimum Gasteiger partial charge on any atom is -0.382 e. The van der Waals surface area contributed by atoms with Gasteiger partial charge in [0, 0.05) is 18.5 Å². The summed E-state index contributed by atoms with van der Waals surface area (Å²) in [4.78, 5) is 0.747. The van der Waals surface area contributed by atoms with E-state index in [1.807, 2.05) is 0 Å². The van der Waals surface area contributed by atoms with Crippen molar-refractivity contribution >= 4 is 15.9 Å². The van der Waals surface area contributed by atoms with Crippen LogP contribution in [0.2, 0.25) is 0 Å². The zero-order valence-corrected chi connectivity index (χ0v) is 11.5. The lowest BCUT2D eigenvalue weighted by molar-refractivity contribution is 0.0667. The van der Waals surface area contributed by atoms with Gasteiger partial charge in [-0.3, -0.25) is 0 Å². The van der Waals surface area contributed by atoms with Gasteiger partial charge in [0.15, 0.2) is 0 Å². The Morgan fingerprint density at radius 3 is 2.60 bits per heavy atom. The van der Waals surface area contributed by atoms with Gasteiger partial charge in [0.2, 0.25) is 0 Å². The van der Waals surface area contributed by atoms with Crippen molar-refractivity contribution < 1.29 is 9.47 Å². The molecule has 0 aromatic rings. The molecule has 15 heavy (non-hydrogen) atoms. The van der Waals surface area contributed by atoms with Crippen LogP contribution in [-0.2, 0) is 9.47 Å². The second-order valence-corrected chi connectivity index (χ2v) is 5.64. The molecule has 1 aliphatic carbocycles. The highest BCUT2D eigenvalue weighted by molar-refractivity contribution is 9.09. The van der Waals surface area contributed by atoms with E-state index in [-0.39, 0.29) is 0 Å². The first kappa shape index (κ1) is 13.5. The van der Waals surface area contributed by atoms with Crippen molar-refractivity contribution in [3.8, 4) is 0 Å². The maximum atomic E-state index is 5.46. The van der Waals surface area contributed by atoms with E-state index in [0.717, 1.165) is 29.9 Å². The topological polar surface area (TPSA) is 18.5 Å². The van der Waals surface area contributed by atoms with Gasteiger partial charge in [0.1, 0.15) is 0 Å². The minimum atomic E-state index is 0.712. The van der Waals surface area contributed by atoms with Gasteiger partial charge in [-0.15, -0.1) is 0 Å². The lowest BCUT2D eigenvalue weighted by atomic mass is 9.93.